The van der Waals surface area contributed by atoms with Crippen LogP contribution in [0.1, 0.15) is 51.5 Å². The van der Waals surface area contributed by atoms with Crippen LogP contribution in [0.5, 0.6) is 5.75 Å². The molecule has 1 saturated carbocycles. The van der Waals surface area contributed by atoms with Crippen molar-refractivity contribution in [3.05, 3.63) is 45.4 Å². The Bertz CT molecular complexity index is 930. The molecule has 1 saturated heterocycles. The first kappa shape index (κ1) is 20.8. The van der Waals surface area contributed by atoms with E-state index in [1.165, 1.54) is 24.2 Å². The zero-order valence-corrected chi connectivity index (χ0v) is 18.6. The summed E-state index contributed by atoms with van der Waals surface area (Å²) in [5, 5.41) is 3.31. The first-order valence-electron chi connectivity index (χ1n) is 10.7. The number of thiophene rings is 1. The van der Waals surface area contributed by atoms with E-state index >= 15 is 0 Å². The van der Waals surface area contributed by atoms with Gasteiger partial charge in [0.05, 0.1) is 4.88 Å². The molecule has 2 aromatic heterocycles. The molecular formula is C23H29N3O3S. The van der Waals surface area contributed by atoms with Crippen LogP contribution in [-0.4, -0.2) is 41.0 Å². The summed E-state index contributed by atoms with van der Waals surface area (Å²) in [6.07, 6.45) is 5.48. The number of nitrogens with one attached hydrogen (secondary N) is 1. The van der Waals surface area contributed by atoms with Crippen LogP contribution in [0.2, 0.25) is 0 Å². The highest BCUT2D eigenvalue weighted by molar-refractivity contribution is 7.13. The Balaban J connectivity index is 1.33. The summed E-state index contributed by atoms with van der Waals surface area (Å²) < 4.78 is 5.62. The average molecular weight is 428 g/mol. The second kappa shape index (κ2) is 8.76. The number of likely N-dealkylation sites (tertiary alicyclic amines) is 1. The van der Waals surface area contributed by atoms with Gasteiger partial charge in [-0.2, -0.15) is 0 Å². The average Bonchev–Trinajstić information content (AvgIpc) is 3.49. The van der Waals surface area contributed by atoms with Gasteiger partial charge in [-0.15, -0.1) is 11.3 Å². The van der Waals surface area contributed by atoms with Crippen molar-refractivity contribution in [2.45, 2.75) is 52.5 Å². The second-order valence-corrected chi connectivity index (χ2v) is 9.75. The molecule has 30 heavy (non-hydrogen) atoms. The van der Waals surface area contributed by atoms with Crippen molar-refractivity contribution in [1.29, 1.82) is 0 Å². The summed E-state index contributed by atoms with van der Waals surface area (Å²) in [4.78, 5) is 33.2. The number of aromatic nitrogens is 1. The predicted molar refractivity (Wildman–Crippen MR) is 117 cm³/mol. The van der Waals surface area contributed by atoms with E-state index < -0.39 is 0 Å². The second-order valence-electron chi connectivity index (χ2n) is 8.46. The Morgan fingerprint density at radius 1 is 1.10 bits per heavy atom. The molecule has 7 heteroatoms. The molecule has 160 valence electrons. The highest BCUT2D eigenvalue weighted by Gasteiger charge is 2.39. The molecule has 2 aliphatic rings. The van der Waals surface area contributed by atoms with E-state index in [2.05, 4.69) is 10.3 Å². The van der Waals surface area contributed by atoms with Gasteiger partial charge in [0.2, 0.25) is 0 Å². The molecule has 0 spiro atoms. The summed E-state index contributed by atoms with van der Waals surface area (Å²) >= 11 is 1.54. The van der Waals surface area contributed by atoms with Crippen LogP contribution < -0.4 is 10.1 Å². The third-order valence-electron chi connectivity index (χ3n) is 6.30. The number of hydrogen-bond acceptors (Lipinski definition) is 5. The summed E-state index contributed by atoms with van der Waals surface area (Å²) in [5.74, 6) is 1.58. The van der Waals surface area contributed by atoms with Crippen LogP contribution in [0.25, 0.3) is 0 Å². The van der Waals surface area contributed by atoms with Crippen molar-refractivity contribution in [3.63, 3.8) is 0 Å². The zero-order valence-electron chi connectivity index (χ0n) is 17.8. The molecule has 1 unspecified atom stereocenters. The van der Waals surface area contributed by atoms with Gasteiger partial charge in [-0.1, -0.05) is 0 Å². The number of nitrogens with zero attached hydrogens (tertiary/aromatic N) is 2. The fourth-order valence-electron chi connectivity index (χ4n) is 4.18. The molecular weight excluding hydrogens is 398 g/mol. The lowest BCUT2D eigenvalue weighted by Gasteiger charge is -2.36. The first-order valence-corrected chi connectivity index (χ1v) is 11.5. The standard InChI is InChI=1S/C23H29N3O3S/c1-14-4-7-20(30-14)22(27)25-21(17-5-6-17)18-9-12-26(13-10-18)23(28)29-19-8-11-24-16(3)15(19)2/h4,7-8,11,17-18,21H,5-6,9-10,12-13H2,1-3H3,(H,25,27). The van der Waals surface area contributed by atoms with Crippen molar-refractivity contribution in [3.8, 4) is 5.75 Å². The number of carbonyl (C=O) groups is 2. The Morgan fingerprint density at radius 2 is 1.80 bits per heavy atom. The zero-order chi connectivity index (χ0) is 21.3. The molecule has 0 aromatic carbocycles. The number of hydrogen-bond donors (Lipinski definition) is 1. The Kier molecular flexibility index (Phi) is 6.09. The topological polar surface area (TPSA) is 71.5 Å². The fourth-order valence-corrected chi connectivity index (χ4v) is 4.95. The number of pyridine rings is 1. The van der Waals surface area contributed by atoms with Crippen molar-refractivity contribution in [2.75, 3.05) is 13.1 Å². The minimum Gasteiger partial charge on any atom is -0.410 e. The van der Waals surface area contributed by atoms with Crippen LogP contribution in [0.3, 0.4) is 0 Å². The van der Waals surface area contributed by atoms with Crippen LogP contribution in [0, 0.1) is 32.6 Å². The van der Waals surface area contributed by atoms with E-state index in [0.29, 0.717) is 30.7 Å². The van der Waals surface area contributed by atoms with Gasteiger partial charge in [0.15, 0.2) is 0 Å². The van der Waals surface area contributed by atoms with E-state index in [1.54, 1.807) is 17.2 Å². The quantitative estimate of drug-likeness (QED) is 0.763. The van der Waals surface area contributed by atoms with E-state index in [4.69, 9.17) is 4.74 Å². The van der Waals surface area contributed by atoms with Crippen molar-refractivity contribution in [2.24, 2.45) is 11.8 Å². The largest absolute Gasteiger partial charge is 0.415 e. The molecule has 0 bridgehead atoms. The monoisotopic (exact) mass is 427 g/mol. The first-order chi connectivity index (χ1) is 14.4. The summed E-state index contributed by atoms with van der Waals surface area (Å²) in [6, 6.07) is 5.82. The maximum absolute atomic E-state index is 12.7. The lowest BCUT2D eigenvalue weighted by atomic mass is 9.86. The minimum atomic E-state index is -0.303. The van der Waals surface area contributed by atoms with Gasteiger partial charge in [0, 0.05) is 41.5 Å². The molecule has 6 nitrogen and oxygen atoms in total. The normalized spacial score (nSPS) is 18.2. The van der Waals surface area contributed by atoms with E-state index in [0.717, 1.165) is 33.9 Å². The van der Waals surface area contributed by atoms with E-state index in [-0.39, 0.29) is 18.0 Å². The minimum absolute atomic E-state index is 0.0374. The third kappa shape index (κ3) is 4.67. The number of aryl methyl sites for hydroxylation is 2. The predicted octanol–water partition coefficient (Wildman–Crippen LogP) is 4.49. The third-order valence-corrected chi connectivity index (χ3v) is 7.30. The van der Waals surface area contributed by atoms with Crippen LogP contribution >= 0.6 is 11.3 Å². The van der Waals surface area contributed by atoms with Crippen molar-refractivity contribution >= 4 is 23.3 Å². The molecule has 0 radical (unpaired) electrons. The van der Waals surface area contributed by atoms with Gasteiger partial charge in [-0.05, 0) is 76.5 Å². The maximum atomic E-state index is 12.7. The molecule has 1 aliphatic heterocycles. The molecule has 4 rings (SSSR count). The number of amides is 2. The fraction of sp³-hybridized carbons (Fsp3) is 0.522. The lowest BCUT2D eigenvalue weighted by Crippen LogP contribution is -2.48. The van der Waals surface area contributed by atoms with Gasteiger partial charge >= 0.3 is 6.09 Å². The smallest absolute Gasteiger partial charge is 0.410 e. The molecule has 2 amide bonds. The number of ether oxygens (including phenoxy) is 1. The van der Waals surface area contributed by atoms with E-state index in [1.807, 2.05) is 32.9 Å². The van der Waals surface area contributed by atoms with Gasteiger partial charge in [-0.25, -0.2) is 4.79 Å². The van der Waals surface area contributed by atoms with Gasteiger partial charge in [0.1, 0.15) is 5.75 Å². The van der Waals surface area contributed by atoms with Crippen LogP contribution in [0.15, 0.2) is 24.4 Å². The Labute approximate surface area is 181 Å². The Hall–Kier alpha value is -2.41. The highest BCUT2D eigenvalue weighted by Crippen LogP contribution is 2.39. The molecule has 1 aliphatic carbocycles. The number of carbonyl (C=O) groups excluding carboxylic acids is 2. The van der Waals surface area contributed by atoms with Gasteiger partial charge < -0.3 is 15.0 Å². The van der Waals surface area contributed by atoms with E-state index in [9.17, 15) is 9.59 Å². The number of rotatable bonds is 5. The van der Waals surface area contributed by atoms with Gasteiger partial charge in [0.25, 0.3) is 5.91 Å². The van der Waals surface area contributed by atoms with Crippen LogP contribution in [0.4, 0.5) is 4.79 Å². The molecule has 1 atom stereocenters. The van der Waals surface area contributed by atoms with Crippen molar-refractivity contribution < 1.29 is 14.3 Å². The lowest BCUT2D eigenvalue weighted by molar-refractivity contribution is 0.0874. The van der Waals surface area contributed by atoms with Gasteiger partial charge in [-0.3, -0.25) is 9.78 Å². The van der Waals surface area contributed by atoms with Crippen LogP contribution in [-0.2, 0) is 0 Å². The molecule has 3 heterocycles. The maximum Gasteiger partial charge on any atom is 0.415 e. The number of piperidine rings is 1. The molecule has 2 aromatic rings. The highest BCUT2D eigenvalue weighted by atomic mass is 32.1. The summed E-state index contributed by atoms with van der Waals surface area (Å²) in [7, 11) is 0. The Morgan fingerprint density at radius 3 is 2.43 bits per heavy atom. The summed E-state index contributed by atoms with van der Waals surface area (Å²) in [6.45, 7) is 7.15. The molecule has 1 N–H and O–H groups in total. The summed E-state index contributed by atoms with van der Waals surface area (Å²) in [5.41, 5.74) is 1.75. The molecule has 2 fully saturated rings. The van der Waals surface area contributed by atoms with Crippen molar-refractivity contribution in [1.82, 2.24) is 15.2 Å². The SMILES string of the molecule is Cc1ccc(C(=O)NC(C2CC2)C2CCN(C(=O)Oc3ccnc(C)c3C)CC2)s1.